The molecule has 27 heavy (non-hydrogen) atoms. The van der Waals surface area contributed by atoms with Gasteiger partial charge in [-0.25, -0.2) is 4.98 Å². The first kappa shape index (κ1) is 16.6. The minimum absolute atomic E-state index is 0.189. The Morgan fingerprint density at radius 1 is 1.30 bits per heavy atom. The molecule has 6 nitrogen and oxygen atoms in total. The van der Waals surface area contributed by atoms with Crippen LogP contribution in [0.4, 0.5) is 5.13 Å². The highest BCUT2D eigenvalue weighted by molar-refractivity contribution is 7.15. The minimum atomic E-state index is -0.189. The molecule has 1 fully saturated rings. The van der Waals surface area contributed by atoms with Gasteiger partial charge in [0.2, 0.25) is 0 Å². The number of benzene rings is 1. The lowest BCUT2D eigenvalue weighted by molar-refractivity contribution is 0.102. The zero-order valence-electron chi connectivity index (χ0n) is 14.9. The Hall–Kier alpha value is -2.51. The van der Waals surface area contributed by atoms with Crippen LogP contribution in [0.2, 0.25) is 0 Å². The lowest BCUT2D eigenvalue weighted by Crippen LogP contribution is -2.29. The predicted molar refractivity (Wildman–Crippen MR) is 105 cm³/mol. The number of hydrogen-bond donors (Lipinski definition) is 2. The van der Waals surface area contributed by atoms with Crippen molar-refractivity contribution in [3.8, 4) is 0 Å². The van der Waals surface area contributed by atoms with E-state index in [1.807, 2.05) is 12.1 Å². The normalized spacial score (nSPS) is 16.9. The maximum atomic E-state index is 12.5. The van der Waals surface area contributed by atoms with Gasteiger partial charge >= 0.3 is 0 Å². The molecule has 7 heteroatoms. The first-order valence-corrected chi connectivity index (χ1v) is 10.2. The van der Waals surface area contributed by atoms with Crippen LogP contribution in [0.25, 0.3) is 0 Å². The van der Waals surface area contributed by atoms with Gasteiger partial charge in [0, 0.05) is 42.5 Å². The Morgan fingerprint density at radius 3 is 2.96 bits per heavy atom. The molecule has 1 aliphatic heterocycles. The molecule has 3 heterocycles. The molecule has 0 spiro atoms. The molecule has 138 valence electrons. The minimum Gasteiger partial charge on any atom is -0.296 e. The molecular formula is C20H21N5OS. The quantitative estimate of drug-likeness (QED) is 0.711. The predicted octanol–water partition coefficient (Wildman–Crippen LogP) is 3.55. The first-order chi connectivity index (χ1) is 13.2. The Kier molecular flexibility index (Phi) is 4.26. The highest BCUT2D eigenvalue weighted by Gasteiger charge is 2.27. The van der Waals surface area contributed by atoms with Crippen LogP contribution < -0.4 is 5.32 Å². The zero-order valence-corrected chi connectivity index (χ0v) is 15.8. The van der Waals surface area contributed by atoms with E-state index in [0.717, 1.165) is 37.4 Å². The van der Waals surface area contributed by atoms with Crippen molar-refractivity contribution in [3.63, 3.8) is 0 Å². The van der Waals surface area contributed by atoms with Crippen LogP contribution in [0.3, 0.4) is 0 Å². The number of amides is 1. The van der Waals surface area contributed by atoms with Crippen LogP contribution >= 0.6 is 11.3 Å². The summed E-state index contributed by atoms with van der Waals surface area (Å²) >= 11 is 1.58. The third-order valence-corrected chi connectivity index (χ3v) is 6.13. The second-order valence-electron chi connectivity index (χ2n) is 7.27. The highest BCUT2D eigenvalue weighted by Crippen LogP contribution is 2.39. The molecule has 0 atom stereocenters. The molecule has 2 N–H and O–H groups in total. The van der Waals surface area contributed by atoms with Crippen LogP contribution in [0.15, 0.2) is 36.4 Å². The molecule has 0 saturated heterocycles. The Balaban J connectivity index is 1.24. The summed E-state index contributed by atoms with van der Waals surface area (Å²) in [7, 11) is 0. The number of H-pyrrole nitrogens is 1. The van der Waals surface area contributed by atoms with E-state index >= 15 is 0 Å². The van der Waals surface area contributed by atoms with Crippen LogP contribution in [0.5, 0.6) is 0 Å². The number of carbonyl (C=O) groups excluding carboxylic acids is 1. The number of aromatic amines is 1. The van der Waals surface area contributed by atoms with Gasteiger partial charge in [0.15, 0.2) is 10.8 Å². The summed E-state index contributed by atoms with van der Waals surface area (Å²) in [4.78, 5) is 20.8. The van der Waals surface area contributed by atoms with Gasteiger partial charge in [-0.05, 0) is 24.5 Å². The number of carbonyl (C=O) groups is 1. The number of rotatable bonds is 5. The molecule has 0 unspecified atom stereocenters. The van der Waals surface area contributed by atoms with E-state index in [0.29, 0.717) is 16.7 Å². The Bertz CT molecular complexity index is 960. The number of fused-ring (bicyclic) bond motifs is 1. The van der Waals surface area contributed by atoms with E-state index in [2.05, 4.69) is 49.7 Å². The zero-order chi connectivity index (χ0) is 18.2. The molecule has 0 bridgehead atoms. The van der Waals surface area contributed by atoms with Crippen molar-refractivity contribution in [1.29, 1.82) is 0 Å². The van der Waals surface area contributed by atoms with Crippen molar-refractivity contribution >= 4 is 22.4 Å². The van der Waals surface area contributed by atoms with E-state index in [4.69, 9.17) is 0 Å². The lowest BCUT2D eigenvalue weighted by Gasteiger charge is -2.25. The standard InChI is InChI=1S/C20H21N5OS/c26-19(17-10-16(23-24-17)14-6-7-14)22-20-21-15-8-9-25(12-18(15)27-20)11-13-4-2-1-3-5-13/h1-5,10,14H,6-9,11-12H2,(H,23,24)(H,21,22,26). The third-order valence-electron chi connectivity index (χ3n) is 5.13. The number of nitrogens with one attached hydrogen (secondary N) is 2. The van der Waals surface area contributed by atoms with Crippen molar-refractivity contribution in [2.75, 3.05) is 11.9 Å². The third kappa shape index (κ3) is 3.65. The van der Waals surface area contributed by atoms with E-state index < -0.39 is 0 Å². The summed E-state index contributed by atoms with van der Waals surface area (Å²) in [6.07, 6.45) is 3.28. The topological polar surface area (TPSA) is 73.9 Å². The molecule has 0 radical (unpaired) electrons. The van der Waals surface area contributed by atoms with Gasteiger partial charge in [-0.15, -0.1) is 11.3 Å². The van der Waals surface area contributed by atoms with E-state index in [-0.39, 0.29) is 5.91 Å². The second-order valence-corrected chi connectivity index (χ2v) is 8.36. The molecule has 1 amide bonds. The molecule has 2 aromatic heterocycles. The second kappa shape index (κ2) is 6.90. The van der Waals surface area contributed by atoms with Gasteiger partial charge in [-0.3, -0.25) is 20.1 Å². The molecule has 5 rings (SSSR count). The molecule has 2 aliphatic rings. The maximum Gasteiger partial charge on any atom is 0.277 e. The summed E-state index contributed by atoms with van der Waals surface area (Å²) in [6.45, 7) is 2.81. The summed E-state index contributed by atoms with van der Waals surface area (Å²) in [5.74, 6) is 0.368. The van der Waals surface area contributed by atoms with E-state index in [1.165, 1.54) is 23.3 Å². The Labute approximate surface area is 161 Å². The monoisotopic (exact) mass is 379 g/mol. The maximum absolute atomic E-state index is 12.5. The van der Waals surface area contributed by atoms with E-state index in [9.17, 15) is 4.79 Å². The van der Waals surface area contributed by atoms with Crippen LogP contribution in [0, 0.1) is 0 Å². The fraction of sp³-hybridized carbons (Fsp3) is 0.350. The molecular weight excluding hydrogens is 358 g/mol. The fourth-order valence-electron chi connectivity index (χ4n) is 3.50. The van der Waals surface area contributed by atoms with Crippen LogP contribution in [-0.2, 0) is 19.5 Å². The highest BCUT2D eigenvalue weighted by atomic mass is 32.1. The van der Waals surface area contributed by atoms with Crippen LogP contribution in [0.1, 0.15) is 51.1 Å². The fourth-order valence-corrected chi connectivity index (χ4v) is 4.54. The summed E-state index contributed by atoms with van der Waals surface area (Å²) in [5, 5.41) is 10.7. The Morgan fingerprint density at radius 2 is 2.15 bits per heavy atom. The average Bonchev–Trinajstić information content (AvgIpc) is 3.26. The number of nitrogens with zero attached hydrogens (tertiary/aromatic N) is 3. The summed E-state index contributed by atoms with van der Waals surface area (Å²) in [6, 6.07) is 12.4. The summed E-state index contributed by atoms with van der Waals surface area (Å²) < 4.78 is 0. The number of aromatic nitrogens is 3. The van der Waals surface area contributed by atoms with Crippen molar-refractivity contribution in [3.05, 3.63) is 63.9 Å². The first-order valence-electron chi connectivity index (χ1n) is 9.36. The smallest absolute Gasteiger partial charge is 0.277 e. The molecule has 1 aromatic carbocycles. The molecule has 1 aliphatic carbocycles. The molecule has 3 aromatic rings. The van der Waals surface area contributed by atoms with Gasteiger partial charge in [0.05, 0.1) is 5.69 Å². The lowest BCUT2D eigenvalue weighted by atomic mass is 10.1. The van der Waals surface area contributed by atoms with Gasteiger partial charge < -0.3 is 0 Å². The van der Waals surface area contributed by atoms with Gasteiger partial charge in [0.25, 0.3) is 5.91 Å². The van der Waals surface area contributed by atoms with Crippen molar-refractivity contribution < 1.29 is 4.79 Å². The van der Waals surface area contributed by atoms with E-state index in [1.54, 1.807) is 11.3 Å². The van der Waals surface area contributed by atoms with Crippen molar-refractivity contribution in [1.82, 2.24) is 20.1 Å². The number of anilines is 1. The SMILES string of the molecule is O=C(Nc1nc2c(s1)CN(Cc1ccccc1)CC2)c1cc(C2CC2)[nH]n1. The van der Waals surface area contributed by atoms with Gasteiger partial charge in [0.1, 0.15) is 0 Å². The van der Waals surface area contributed by atoms with Gasteiger partial charge in [-0.2, -0.15) is 5.10 Å². The van der Waals surface area contributed by atoms with Gasteiger partial charge in [-0.1, -0.05) is 30.3 Å². The van der Waals surface area contributed by atoms with Crippen molar-refractivity contribution in [2.24, 2.45) is 0 Å². The number of thiazole rings is 1. The largest absolute Gasteiger partial charge is 0.296 e. The molecule has 1 saturated carbocycles. The number of hydrogen-bond acceptors (Lipinski definition) is 5. The van der Waals surface area contributed by atoms with Crippen LogP contribution in [-0.4, -0.2) is 32.5 Å². The average molecular weight is 379 g/mol. The van der Waals surface area contributed by atoms with Crippen molar-refractivity contribution in [2.45, 2.75) is 38.3 Å². The summed E-state index contributed by atoms with van der Waals surface area (Å²) in [5.41, 5.74) is 3.94.